The van der Waals surface area contributed by atoms with E-state index < -0.39 is 5.97 Å². The highest BCUT2D eigenvalue weighted by molar-refractivity contribution is 5.88. The second kappa shape index (κ2) is 13.7. The summed E-state index contributed by atoms with van der Waals surface area (Å²) in [6, 6.07) is 14.3. The van der Waals surface area contributed by atoms with Gasteiger partial charge in [0.1, 0.15) is 17.2 Å². The van der Waals surface area contributed by atoms with E-state index in [9.17, 15) is 9.59 Å². The average Bonchev–Trinajstić information content (AvgIpc) is 2.80. The Kier molecular flexibility index (Phi) is 10.6. The van der Waals surface area contributed by atoms with Crippen molar-refractivity contribution in [3.05, 3.63) is 72.3 Å². The number of methoxy groups -OCH3 is 1. The summed E-state index contributed by atoms with van der Waals surface area (Å²) in [6.45, 7) is 6.23. The van der Waals surface area contributed by atoms with Crippen LogP contribution in [0, 0.1) is 0 Å². The van der Waals surface area contributed by atoms with Gasteiger partial charge in [-0.1, -0.05) is 18.7 Å². The minimum Gasteiger partial charge on any atom is -0.497 e. The van der Waals surface area contributed by atoms with Crippen LogP contribution in [0.1, 0.15) is 38.2 Å². The summed E-state index contributed by atoms with van der Waals surface area (Å²) in [5, 5.41) is 0. The first-order valence-corrected chi connectivity index (χ1v) is 10.6. The Morgan fingerprint density at radius 2 is 1.44 bits per heavy atom. The van der Waals surface area contributed by atoms with Gasteiger partial charge in [-0.3, -0.25) is 0 Å². The standard InChI is InChI=1S/C26H30O6/c1-20(2)26(28)31-19-7-5-4-6-18-30-23-11-8-21(9-12-23)10-17-25(27)32-24-15-13-22(29-3)14-16-24/h8-17H,1,4-7,18-19H2,2-3H3/b17-10+. The Bertz CT molecular complexity index is 897. The minimum atomic E-state index is -0.454. The van der Waals surface area contributed by atoms with Crippen LogP contribution in [-0.2, 0) is 14.3 Å². The summed E-state index contributed by atoms with van der Waals surface area (Å²) in [6.07, 6.45) is 6.81. The lowest BCUT2D eigenvalue weighted by atomic mass is 10.2. The lowest BCUT2D eigenvalue weighted by Crippen LogP contribution is -2.06. The van der Waals surface area contributed by atoms with Gasteiger partial charge >= 0.3 is 11.9 Å². The van der Waals surface area contributed by atoms with Crippen molar-refractivity contribution in [2.45, 2.75) is 32.6 Å². The molecule has 2 aromatic rings. The number of hydrogen-bond donors (Lipinski definition) is 0. The SMILES string of the molecule is C=C(C)C(=O)OCCCCCCOc1ccc(/C=C/C(=O)Oc2ccc(OC)cc2)cc1. The lowest BCUT2D eigenvalue weighted by molar-refractivity contribution is -0.139. The van der Waals surface area contributed by atoms with Crippen molar-refractivity contribution in [3.8, 4) is 17.2 Å². The van der Waals surface area contributed by atoms with Gasteiger partial charge in [0, 0.05) is 11.6 Å². The third kappa shape index (κ3) is 9.51. The molecule has 0 aliphatic carbocycles. The van der Waals surface area contributed by atoms with Crippen molar-refractivity contribution in [1.29, 1.82) is 0 Å². The van der Waals surface area contributed by atoms with E-state index in [1.54, 1.807) is 44.4 Å². The van der Waals surface area contributed by atoms with Gasteiger partial charge in [0.25, 0.3) is 0 Å². The quantitative estimate of drug-likeness (QED) is 0.181. The van der Waals surface area contributed by atoms with Crippen LogP contribution in [0.3, 0.4) is 0 Å². The minimum absolute atomic E-state index is 0.333. The maximum absolute atomic E-state index is 11.9. The largest absolute Gasteiger partial charge is 0.497 e. The molecule has 0 saturated heterocycles. The molecule has 6 nitrogen and oxygen atoms in total. The molecule has 0 atom stereocenters. The molecule has 0 unspecified atom stereocenters. The number of hydrogen-bond acceptors (Lipinski definition) is 6. The fourth-order valence-electron chi connectivity index (χ4n) is 2.67. The highest BCUT2D eigenvalue weighted by Gasteiger charge is 2.03. The van der Waals surface area contributed by atoms with Gasteiger partial charge in [0.2, 0.25) is 0 Å². The molecule has 6 heteroatoms. The molecule has 0 aliphatic rings. The second-order valence-electron chi connectivity index (χ2n) is 7.18. The first-order valence-electron chi connectivity index (χ1n) is 10.6. The van der Waals surface area contributed by atoms with Crippen LogP contribution in [-0.4, -0.2) is 32.3 Å². The molecule has 0 heterocycles. The fourth-order valence-corrected chi connectivity index (χ4v) is 2.67. The van der Waals surface area contributed by atoms with Gasteiger partial charge in [0.05, 0.1) is 20.3 Å². The normalized spacial score (nSPS) is 10.6. The number of ether oxygens (including phenoxy) is 4. The predicted octanol–water partition coefficient (Wildman–Crippen LogP) is 5.37. The molecule has 0 N–H and O–H groups in total. The molecule has 170 valence electrons. The summed E-state index contributed by atoms with van der Waals surface area (Å²) < 4.78 is 21.1. The van der Waals surface area contributed by atoms with Crippen molar-refractivity contribution in [2.24, 2.45) is 0 Å². The van der Waals surface area contributed by atoms with Crippen LogP contribution >= 0.6 is 0 Å². The van der Waals surface area contributed by atoms with Gasteiger partial charge in [-0.25, -0.2) is 9.59 Å². The highest BCUT2D eigenvalue weighted by atomic mass is 16.5. The Morgan fingerprint density at radius 1 is 0.844 bits per heavy atom. The van der Waals surface area contributed by atoms with Crippen LogP contribution in [0.5, 0.6) is 17.2 Å². The predicted molar refractivity (Wildman–Crippen MR) is 124 cm³/mol. The summed E-state index contributed by atoms with van der Waals surface area (Å²) in [5.74, 6) is 1.14. The Labute approximate surface area is 189 Å². The molecule has 0 fully saturated rings. The number of esters is 2. The van der Waals surface area contributed by atoms with Gasteiger partial charge in [-0.2, -0.15) is 0 Å². The van der Waals surface area contributed by atoms with Gasteiger partial charge in [-0.05, 0) is 80.6 Å². The van der Waals surface area contributed by atoms with E-state index >= 15 is 0 Å². The van der Waals surface area contributed by atoms with Crippen LogP contribution in [0.4, 0.5) is 0 Å². The highest BCUT2D eigenvalue weighted by Crippen LogP contribution is 2.18. The Balaban J connectivity index is 1.62. The number of carbonyl (C=O) groups excluding carboxylic acids is 2. The molecule has 0 aromatic heterocycles. The van der Waals surface area contributed by atoms with Crippen LogP contribution in [0.25, 0.3) is 6.08 Å². The first kappa shape index (κ1) is 24.7. The number of unbranched alkanes of at least 4 members (excludes halogenated alkanes) is 3. The zero-order chi connectivity index (χ0) is 23.2. The van der Waals surface area contributed by atoms with E-state index in [4.69, 9.17) is 18.9 Å². The lowest BCUT2D eigenvalue weighted by Gasteiger charge is -2.07. The van der Waals surface area contributed by atoms with Crippen molar-refractivity contribution < 1.29 is 28.5 Å². The van der Waals surface area contributed by atoms with E-state index in [0.717, 1.165) is 37.0 Å². The maximum atomic E-state index is 11.9. The van der Waals surface area contributed by atoms with E-state index in [-0.39, 0.29) is 5.97 Å². The topological polar surface area (TPSA) is 71.1 Å². The molecule has 0 amide bonds. The Morgan fingerprint density at radius 3 is 2.06 bits per heavy atom. The summed E-state index contributed by atoms with van der Waals surface area (Å²) in [7, 11) is 1.58. The van der Waals surface area contributed by atoms with Crippen molar-refractivity contribution in [1.82, 2.24) is 0 Å². The van der Waals surface area contributed by atoms with Gasteiger partial charge < -0.3 is 18.9 Å². The van der Waals surface area contributed by atoms with E-state index in [1.165, 1.54) is 6.08 Å². The van der Waals surface area contributed by atoms with E-state index in [0.29, 0.717) is 30.3 Å². The monoisotopic (exact) mass is 438 g/mol. The zero-order valence-corrected chi connectivity index (χ0v) is 18.7. The molecule has 0 bridgehead atoms. The Hall–Kier alpha value is -3.54. The van der Waals surface area contributed by atoms with E-state index in [1.807, 2.05) is 24.3 Å². The average molecular weight is 439 g/mol. The van der Waals surface area contributed by atoms with Crippen molar-refractivity contribution in [3.63, 3.8) is 0 Å². The van der Waals surface area contributed by atoms with Gasteiger partial charge in [0.15, 0.2) is 0 Å². The first-order chi connectivity index (χ1) is 15.5. The molecule has 0 spiro atoms. The molecular weight excluding hydrogens is 408 g/mol. The van der Waals surface area contributed by atoms with Crippen LogP contribution in [0.15, 0.2) is 66.8 Å². The molecule has 0 saturated carbocycles. The molecule has 2 rings (SSSR count). The summed E-state index contributed by atoms with van der Waals surface area (Å²) in [4.78, 5) is 23.2. The van der Waals surface area contributed by atoms with Crippen molar-refractivity contribution >= 4 is 18.0 Å². The third-order valence-corrected chi connectivity index (χ3v) is 4.46. The maximum Gasteiger partial charge on any atom is 0.336 e. The van der Waals surface area contributed by atoms with E-state index in [2.05, 4.69) is 6.58 Å². The van der Waals surface area contributed by atoms with Crippen LogP contribution < -0.4 is 14.2 Å². The number of benzene rings is 2. The zero-order valence-electron chi connectivity index (χ0n) is 18.7. The number of carbonyl (C=O) groups is 2. The summed E-state index contributed by atoms with van der Waals surface area (Å²) >= 11 is 0. The third-order valence-electron chi connectivity index (χ3n) is 4.46. The second-order valence-corrected chi connectivity index (χ2v) is 7.18. The molecule has 0 radical (unpaired) electrons. The van der Waals surface area contributed by atoms with Crippen molar-refractivity contribution in [2.75, 3.05) is 20.3 Å². The fraction of sp³-hybridized carbons (Fsp3) is 0.308. The molecule has 2 aromatic carbocycles. The molecular formula is C26H30O6. The smallest absolute Gasteiger partial charge is 0.336 e. The summed E-state index contributed by atoms with van der Waals surface area (Å²) in [5.41, 5.74) is 1.29. The van der Waals surface area contributed by atoms with Gasteiger partial charge in [-0.15, -0.1) is 0 Å². The number of rotatable bonds is 13. The molecule has 32 heavy (non-hydrogen) atoms. The molecule has 0 aliphatic heterocycles. The van der Waals surface area contributed by atoms with Crippen LogP contribution in [0.2, 0.25) is 0 Å².